The van der Waals surface area contributed by atoms with Crippen LogP contribution in [0.5, 0.6) is 0 Å². The van der Waals surface area contributed by atoms with Crippen molar-refractivity contribution in [3.8, 4) is 0 Å². The lowest BCUT2D eigenvalue weighted by molar-refractivity contribution is 0.372. The third-order valence-corrected chi connectivity index (χ3v) is 5.10. The van der Waals surface area contributed by atoms with E-state index in [2.05, 4.69) is 31.6 Å². The molecule has 2 aromatic rings. The fraction of sp³-hybridized carbons (Fsp3) is 0.524. The van der Waals surface area contributed by atoms with Gasteiger partial charge in [0.1, 0.15) is 11.6 Å². The minimum Gasteiger partial charge on any atom is -0.368 e. The summed E-state index contributed by atoms with van der Waals surface area (Å²) in [4.78, 5) is 13.7. The smallest absolute Gasteiger partial charge is 0.194 e. The van der Waals surface area contributed by atoms with E-state index in [1.807, 2.05) is 31.5 Å². The summed E-state index contributed by atoms with van der Waals surface area (Å²) < 4.78 is 15.3. The summed E-state index contributed by atoms with van der Waals surface area (Å²) in [6.45, 7) is 10.5. The standard InChI is InChI=1S/C21H31FN6.HI/c1-3-23-21(25-10-4-5-12-26-13-11-24-18(26)2)28-16-14-27(15-17-28)20-8-6-19(22)7-9-20;/h6-9,11,13H,3-5,10,12,14-17H2,1-2H3,(H,23,25);1H. The molecule has 0 atom stereocenters. The van der Waals surface area contributed by atoms with Crippen molar-refractivity contribution < 1.29 is 4.39 Å². The van der Waals surface area contributed by atoms with Crippen molar-refractivity contribution >= 4 is 35.6 Å². The molecule has 0 aliphatic carbocycles. The first-order valence-corrected chi connectivity index (χ1v) is 10.2. The van der Waals surface area contributed by atoms with E-state index in [9.17, 15) is 4.39 Å². The summed E-state index contributed by atoms with van der Waals surface area (Å²) in [5.41, 5.74) is 1.08. The molecule has 0 amide bonds. The van der Waals surface area contributed by atoms with Gasteiger partial charge in [0.25, 0.3) is 0 Å². The van der Waals surface area contributed by atoms with E-state index in [-0.39, 0.29) is 29.8 Å². The number of imidazole rings is 1. The summed E-state index contributed by atoms with van der Waals surface area (Å²) in [5, 5.41) is 3.42. The second-order valence-electron chi connectivity index (χ2n) is 7.06. The van der Waals surface area contributed by atoms with Crippen LogP contribution in [0.4, 0.5) is 10.1 Å². The Hall–Kier alpha value is -1.84. The number of aromatic nitrogens is 2. The number of unbranched alkanes of at least 4 members (excludes halogenated alkanes) is 1. The number of hydrogen-bond donors (Lipinski definition) is 1. The maximum atomic E-state index is 13.1. The van der Waals surface area contributed by atoms with E-state index in [0.29, 0.717) is 0 Å². The number of aliphatic imine (C=N–C) groups is 1. The fourth-order valence-corrected chi connectivity index (χ4v) is 3.47. The zero-order chi connectivity index (χ0) is 19.8. The van der Waals surface area contributed by atoms with Gasteiger partial charge in [-0.3, -0.25) is 4.99 Å². The lowest BCUT2D eigenvalue weighted by atomic mass is 10.2. The Labute approximate surface area is 190 Å². The predicted molar refractivity (Wildman–Crippen MR) is 128 cm³/mol. The number of anilines is 1. The molecule has 1 saturated heterocycles. The van der Waals surface area contributed by atoms with E-state index in [1.165, 1.54) is 12.1 Å². The molecule has 2 heterocycles. The number of benzene rings is 1. The SMILES string of the molecule is CCNC(=NCCCCn1ccnc1C)N1CCN(c2ccc(F)cc2)CC1.I. The second kappa shape index (κ2) is 12.0. The van der Waals surface area contributed by atoms with Gasteiger partial charge in [0.05, 0.1) is 0 Å². The number of aryl methyl sites for hydroxylation is 2. The zero-order valence-electron chi connectivity index (χ0n) is 17.4. The predicted octanol–water partition coefficient (Wildman–Crippen LogP) is 3.52. The average Bonchev–Trinajstić information content (AvgIpc) is 3.12. The van der Waals surface area contributed by atoms with Crippen molar-refractivity contribution in [2.75, 3.05) is 44.2 Å². The number of halogens is 2. The third kappa shape index (κ3) is 6.87. The van der Waals surface area contributed by atoms with Crippen LogP contribution in [0.1, 0.15) is 25.6 Å². The molecule has 0 unspecified atom stereocenters. The topological polar surface area (TPSA) is 48.7 Å². The molecule has 1 fully saturated rings. The fourth-order valence-electron chi connectivity index (χ4n) is 3.47. The van der Waals surface area contributed by atoms with Crippen molar-refractivity contribution in [1.29, 1.82) is 0 Å². The Morgan fingerprint density at radius 2 is 1.86 bits per heavy atom. The highest BCUT2D eigenvalue weighted by Gasteiger charge is 2.19. The van der Waals surface area contributed by atoms with E-state index in [0.717, 1.165) is 76.1 Å². The number of rotatable bonds is 7. The molecular formula is C21H32FIN6. The molecule has 0 radical (unpaired) electrons. The van der Waals surface area contributed by atoms with Crippen molar-refractivity contribution in [1.82, 2.24) is 19.8 Å². The van der Waals surface area contributed by atoms with E-state index < -0.39 is 0 Å². The normalized spacial score (nSPS) is 14.7. The number of nitrogens with zero attached hydrogens (tertiary/aromatic N) is 5. The number of piperazine rings is 1. The molecule has 0 saturated carbocycles. The van der Waals surface area contributed by atoms with Gasteiger partial charge in [0.15, 0.2) is 5.96 Å². The molecule has 0 spiro atoms. The highest BCUT2D eigenvalue weighted by atomic mass is 127. The minimum absolute atomic E-state index is 0. The number of guanidine groups is 1. The van der Waals surface area contributed by atoms with Crippen LogP contribution in [-0.2, 0) is 6.54 Å². The molecule has 0 bridgehead atoms. The maximum Gasteiger partial charge on any atom is 0.194 e. The Kier molecular flexibility index (Phi) is 9.69. The molecule has 29 heavy (non-hydrogen) atoms. The first-order chi connectivity index (χ1) is 13.7. The second-order valence-corrected chi connectivity index (χ2v) is 7.06. The van der Waals surface area contributed by atoms with Crippen LogP contribution in [0.3, 0.4) is 0 Å². The van der Waals surface area contributed by atoms with Crippen LogP contribution < -0.4 is 10.2 Å². The maximum absolute atomic E-state index is 13.1. The van der Waals surface area contributed by atoms with Gasteiger partial charge in [0.2, 0.25) is 0 Å². The van der Waals surface area contributed by atoms with E-state index in [1.54, 1.807) is 0 Å². The summed E-state index contributed by atoms with van der Waals surface area (Å²) in [6.07, 6.45) is 6.03. The number of nitrogens with one attached hydrogen (secondary N) is 1. The Morgan fingerprint density at radius 3 is 2.48 bits per heavy atom. The largest absolute Gasteiger partial charge is 0.368 e. The highest BCUT2D eigenvalue weighted by Crippen LogP contribution is 2.17. The van der Waals surface area contributed by atoms with Crippen LogP contribution >= 0.6 is 24.0 Å². The van der Waals surface area contributed by atoms with E-state index in [4.69, 9.17) is 4.99 Å². The van der Waals surface area contributed by atoms with Crippen molar-refractivity contribution in [3.63, 3.8) is 0 Å². The lowest BCUT2D eigenvalue weighted by Gasteiger charge is -2.37. The van der Waals surface area contributed by atoms with Crippen LogP contribution in [-0.4, -0.2) is 59.7 Å². The summed E-state index contributed by atoms with van der Waals surface area (Å²) in [6, 6.07) is 6.76. The van der Waals surface area contributed by atoms with Crippen LogP contribution in [0, 0.1) is 12.7 Å². The van der Waals surface area contributed by atoms with Crippen molar-refractivity contribution in [3.05, 3.63) is 48.3 Å². The first kappa shape index (κ1) is 23.4. The zero-order valence-corrected chi connectivity index (χ0v) is 19.7. The third-order valence-electron chi connectivity index (χ3n) is 5.10. The molecule has 160 valence electrons. The Morgan fingerprint density at radius 1 is 1.14 bits per heavy atom. The first-order valence-electron chi connectivity index (χ1n) is 10.2. The van der Waals surface area contributed by atoms with Gasteiger partial charge >= 0.3 is 0 Å². The monoisotopic (exact) mass is 514 g/mol. The Bertz CT molecular complexity index is 753. The molecule has 8 heteroatoms. The van der Waals surface area contributed by atoms with Gasteiger partial charge in [0, 0.05) is 63.9 Å². The summed E-state index contributed by atoms with van der Waals surface area (Å²) in [7, 11) is 0. The van der Waals surface area contributed by atoms with Crippen LogP contribution in [0.25, 0.3) is 0 Å². The molecular weight excluding hydrogens is 482 g/mol. The van der Waals surface area contributed by atoms with Gasteiger partial charge < -0.3 is 19.7 Å². The molecule has 3 rings (SSSR count). The van der Waals surface area contributed by atoms with E-state index >= 15 is 0 Å². The van der Waals surface area contributed by atoms with Gasteiger partial charge in [-0.1, -0.05) is 0 Å². The summed E-state index contributed by atoms with van der Waals surface area (Å²) in [5.74, 6) is 1.88. The van der Waals surface area contributed by atoms with Crippen LogP contribution in [0.2, 0.25) is 0 Å². The van der Waals surface area contributed by atoms with Gasteiger partial charge in [-0.2, -0.15) is 0 Å². The molecule has 1 aliphatic rings. The lowest BCUT2D eigenvalue weighted by Crippen LogP contribution is -2.52. The van der Waals surface area contributed by atoms with Crippen LogP contribution in [0.15, 0.2) is 41.7 Å². The number of hydrogen-bond acceptors (Lipinski definition) is 3. The Balaban J connectivity index is 0.00000300. The van der Waals surface area contributed by atoms with Gasteiger partial charge in [-0.15, -0.1) is 24.0 Å². The molecule has 6 nitrogen and oxygen atoms in total. The van der Waals surface area contributed by atoms with Gasteiger partial charge in [-0.05, 0) is 51.0 Å². The van der Waals surface area contributed by atoms with Crippen molar-refractivity contribution in [2.45, 2.75) is 33.2 Å². The van der Waals surface area contributed by atoms with Crippen molar-refractivity contribution in [2.24, 2.45) is 4.99 Å². The quantitative estimate of drug-likeness (QED) is 0.266. The van der Waals surface area contributed by atoms with Gasteiger partial charge in [-0.25, -0.2) is 9.37 Å². The minimum atomic E-state index is -0.188. The molecule has 1 aromatic carbocycles. The molecule has 1 aliphatic heterocycles. The molecule has 1 N–H and O–H groups in total. The average molecular weight is 514 g/mol. The highest BCUT2D eigenvalue weighted by molar-refractivity contribution is 14.0. The summed E-state index contributed by atoms with van der Waals surface area (Å²) >= 11 is 0. The molecule has 1 aromatic heterocycles.